The number of ketones is 1. The number of hydrogen-bond donors (Lipinski definition) is 1. The molecule has 0 radical (unpaired) electrons. The lowest BCUT2D eigenvalue weighted by Crippen LogP contribution is -2.49. The van der Waals surface area contributed by atoms with Crippen molar-refractivity contribution in [2.24, 2.45) is 5.92 Å². The Labute approximate surface area is 193 Å². The standard InChI is InChI=1S/C17H22N2O.C4H7F2NO.C3H7FO/c1-12-16(13(2)20)15-9-6-10-18-17(15)19(12)11-14-7-4-3-5-8-14;5-4(6)8-3-1-7-2-3;1-3(4)5-2/h6,9-10,14H,3-5,7-8,11H2,1-2H3;3-4,7H,1-2H2;3H,1-2H3. The van der Waals surface area contributed by atoms with Crippen molar-refractivity contribution in [3.05, 3.63) is 29.6 Å². The van der Waals surface area contributed by atoms with Gasteiger partial charge in [0.05, 0.1) is 6.10 Å². The molecule has 4 rings (SSSR count). The number of pyridine rings is 1. The zero-order valence-corrected chi connectivity index (χ0v) is 20.0. The highest BCUT2D eigenvalue weighted by molar-refractivity contribution is 6.07. The molecule has 1 aliphatic heterocycles. The Bertz CT molecular complexity index is 863. The number of hydrogen-bond acceptors (Lipinski definition) is 5. The van der Waals surface area contributed by atoms with Crippen LogP contribution in [0.5, 0.6) is 0 Å². The van der Waals surface area contributed by atoms with E-state index in [4.69, 9.17) is 0 Å². The van der Waals surface area contributed by atoms with Crippen molar-refractivity contribution in [2.75, 3.05) is 20.2 Å². The van der Waals surface area contributed by atoms with Gasteiger partial charge >= 0.3 is 6.61 Å². The first-order chi connectivity index (χ1) is 15.7. The summed E-state index contributed by atoms with van der Waals surface area (Å²) >= 11 is 0. The third-order valence-electron chi connectivity index (χ3n) is 5.96. The van der Waals surface area contributed by atoms with Crippen molar-refractivity contribution in [1.82, 2.24) is 14.9 Å². The summed E-state index contributed by atoms with van der Waals surface area (Å²) < 4.78 is 44.2. The molecule has 0 aromatic carbocycles. The van der Waals surface area contributed by atoms with Gasteiger partial charge in [-0.15, -0.1) is 0 Å². The Hall–Kier alpha value is -1.97. The first kappa shape index (κ1) is 27.3. The van der Waals surface area contributed by atoms with E-state index in [0.29, 0.717) is 13.1 Å². The van der Waals surface area contributed by atoms with Crippen molar-refractivity contribution in [1.29, 1.82) is 0 Å². The van der Waals surface area contributed by atoms with E-state index in [-0.39, 0.29) is 11.9 Å². The van der Waals surface area contributed by atoms with E-state index in [1.807, 2.05) is 18.3 Å². The van der Waals surface area contributed by atoms with Crippen molar-refractivity contribution in [3.8, 4) is 0 Å². The molecule has 2 aliphatic rings. The number of nitrogens with zero attached hydrogens (tertiary/aromatic N) is 2. The lowest BCUT2D eigenvalue weighted by atomic mass is 9.89. The fraction of sp³-hybridized carbons (Fsp3) is 0.667. The Kier molecular flexibility index (Phi) is 11.3. The molecule has 2 fully saturated rings. The molecule has 0 bridgehead atoms. The summed E-state index contributed by atoms with van der Waals surface area (Å²) in [5.74, 6) is 0.878. The van der Waals surface area contributed by atoms with Gasteiger partial charge in [0.25, 0.3) is 0 Å². The average Bonchev–Trinajstić information content (AvgIpc) is 3.04. The van der Waals surface area contributed by atoms with E-state index >= 15 is 0 Å². The number of rotatable bonds is 6. The highest BCUT2D eigenvalue weighted by atomic mass is 19.3. The fourth-order valence-electron chi connectivity index (χ4n) is 4.10. The maximum Gasteiger partial charge on any atom is 0.345 e. The molecule has 1 saturated carbocycles. The van der Waals surface area contributed by atoms with E-state index in [9.17, 15) is 18.0 Å². The predicted molar refractivity (Wildman–Crippen MR) is 122 cm³/mol. The third-order valence-corrected chi connectivity index (χ3v) is 5.96. The number of methoxy groups -OCH3 is 1. The number of fused-ring (bicyclic) bond motifs is 1. The number of Topliss-reactive ketones (excluding diaryl/α,β-unsaturated/α-hetero) is 1. The van der Waals surface area contributed by atoms with Crippen LogP contribution in [0.15, 0.2) is 18.3 Å². The van der Waals surface area contributed by atoms with E-state index < -0.39 is 13.0 Å². The maximum atomic E-state index is 11.9. The zero-order valence-electron chi connectivity index (χ0n) is 20.0. The zero-order chi connectivity index (χ0) is 24.4. The Morgan fingerprint density at radius 1 is 1.24 bits per heavy atom. The van der Waals surface area contributed by atoms with Gasteiger partial charge in [-0.1, -0.05) is 19.3 Å². The largest absolute Gasteiger partial charge is 0.352 e. The number of carbonyl (C=O) groups excluding carboxylic acids is 1. The SMILES string of the molecule is CC(=O)c1c(C)n(CC2CCCCC2)c2ncccc12.COC(C)F.FC(F)OC1CNC1. The maximum absolute atomic E-state index is 11.9. The van der Waals surface area contributed by atoms with Crippen molar-refractivity contribution in [3.63, 3.8) is 0 Å². The molecule has 9 heteroatoms. The summed E-state index contributed by atoms with van der Waals surface area (Å²) in [6.45, 7) is 4.56. The molecule has 1 unspecified atom stereocenters. The van der Waals surface area contributed by atoms with Gasteiger partial charge in [0.1, 0.15) is 5.65 Å². The second-order valence-corrected chi connectivity index (χ2v) is 8.46. The number of alkyl halides is 3. The second-order valence-electron chi connectivity index (χ2n) is 8.46. The molecule has 1 saturated heterocycles. The molecule has 1 aliphatic carbocycles. The van der Waals surface area contributed by atoms with Crippen molar-refractivity contribution >= 4 is 16.8 Å². The van der Waals surface area contributed by atoms with Crippen LogP contribution in [0.3, 0.4) is 0 Å². The van der Waals surface area contributed by atoms with Crippen LogP contribution in [0.2, 0.25) is 0 Å². The summed E-state index contributed by atoms with van der Waals surface area (Å²) in [5.41, 5.74) is 2.90. The molecule has 33 heavy (non-hydrogen) atoms. The third kappa shape index (κ3) is 8.39. The van der Waals surface area contributed by atoms with Gasteiger partial charge in [-0.05, 0) is 51.7 Å². The minimum absolute atomic E-state index is 0.142. The Morgan fingerprint density at radius 3 is 2.33 bits per heavy atom. The van der Waals surface area contributed by atoms with Gasteiger partial charge in [-0.3, -0.25) is 4.79 Å². The van der Waals surface area contributed by atoms with Gasteiger partial charge in [-0.25, -0.2) is 9.37 Å². The highest BCUT2D eigenvalue weighted by Gasteiger charge is 2.22. The van der Waals surface area contributed by atoms with Gasteiger partial charge in [-0.2, -0.15) is 8.78 Å². The lowest BCUT2D eigenvalue weighted by molar-refractivity contribution is -0.172. The van der Waals surface area contributed by atoms with Crippen molar-refractivity contribution < 1.29 is 27.4 Å². The lowest BCUT2D eigenvalue weighted by Gasteiger charge is -2.26. The molecule has 1 N–H and O–H groups in total. The Morgan fingerprint density at radius 2 is 1.88 bits per heavy atom. The van der Waals surface area contributed by atoms with Crippen molar-refractivity contribution in [2.45, 2.75) is 78.5 Å². The number of halogens is 3. The van der Waals surface area contributed by atoms with Crippen LogP contribution >= 0.6 is 0 Å². The van der Waals surface area contributed by atoms with Gasteiger partial charge in [0.15, 0.2) is 12.1 Å². The van der Waals surface area contributed by atoms with E-state index in [1.54, 1.807) is 6.92 Å². The molecule has 0 spiro atoms. The normalized spacial score (nSPS) is 17.6. The summed E-state index contributed by atoms with van der Waals surface area (Å²) in [6.07, 6.45) is 7.13. The highest BCUT2D eigenvalue weighted by Crippen LogP contribution is 2.30. The topological polar surface area (TPSA) is 65.4 Å². The number of carbonyl (C=O) groups is 1. The minimum atomic E-state index is -2.61. The number of nitrogens with one attached hydrogen (secondary N) is 1. The molecular formula is C24H36F3N3O3. The van der Waals surface area contributed by atoms with Gasteiger partial charge < -0.3 is 19.4 Å². The van der Waals surface area contributed by atoms with Crippen LogP contribution in [0.4, 0.5) is 13.2 Å². The van der Waals surface area contributed by atoms with Crippen LogP contribution in [-0.2, 0) is 16.0 Å². The summed E-state index contributed by atoms with van der Waals surface area (Å²) in [5, 5.41) is 3.82. The molecule has 2 aromatic heterocycles. The fourth-order valence-corrected chi connectivity index (χ4v) is 4.10. The van der Waals surface area contributed by atoms with Gasteiger partial charge in [0.2, 0.25) is 0 Å². The van der Waals surface area contributed by atoms with Crippen LogP contribution in [0.25, 0.3) is 11.0 Å². The molecule has 186 valence electrons. The molecule has 0 amide bonds. The Balaban J connectivity index is 0.000000244. The number of ether oxygens (including phenoxy) is 2. The predicted octanol–water partition coefficient (Wildman–Crippen LogP) is 5.27. The minimum Gasteiger partial charge on any atom is -0.352 e. The van der Waals surface area contributed by atoms with Crippen LogP contribution in [0, 0.1) is 12.8 Å². The quantitative estimate of drug-likeness (QED) is 0.581. The van der Waals surface area contributed by atoms with E-state index in [1.165, 1.54) is 46.1 Å². The molecule has 1 atom stereocenters. The second kappa shape index (κ2) is 13.7. The smallest absolute Gasteiger partial charge is 0.345 e. The summed E-state index contributed by atoms with van der Waals surface area (Å²) in [4.78, 5) is 16.5. The molecule has 6 nitrogen and oxygen atoms in total. The van der Waals surface area contributed by atoms with Crippen LogP contribution in [0.1, 0.15) is 62.0 Å². The summed E-state index contributed by atoms with van der Waals surface area (Å²) in [6, 6.07) is 3.93. The number of aromatic nitrogens is 2. The molecule has 2 aromatic rings. The van der Waals surface area contributed by atoms with E-state index in [2.05, 4.69) is 31.3 Å². The first-order valence-corrected chi connectivity index (χ1v) is 11.5. The average molecular weight is 472 g/mol. The first-order valence-electron chi connectivity index (χ1n) is 11.5. The van der Waals surface area contributed by atoms with Gasteiger partial charge in [0, 0.05) is 49.6 Å². The monoisotopic (exact) mass is 471 g/mol. The molecular weight excluding hydrogens is 435 g/mol. The van der Waals surface area contributed by atoms with Crippen LogP contribution < -0.4 is 5.32 Å². The van der Waals surface area contributed by atoms with E-state index in [0.717, 1.165) is 34.8 Å². The summed E-state index contributed by atoms with van der Waals surface area (Å²) in [7, 11) is 1.32. The van der Waals surface area contributed by atoms with Crippen LogP contribution in [-0.4, -0.2) is 54.6 Å². The molecule has 3 heterocycles.